The Bertz CT molecular complexity index is 1850. The number of non-ortho nitro benzene ring substituents is 1. The number of azide groups is 1. The normalized spacial score (nSPS) is 29.5. The summed E-state index contributed by atoms with van der Waals surface area (Å²) in [4.78, 5) is 51.5. The van der Waals surface area contributed by atoms with E-state index in [1.165, 1.54) is 44.2 Å². The number of nitro groups is 1. The Morgan fingerprint density at radius 1 is 0.983 bits per heavy atom. The second kappa shape index (κ2) is 19.7. The molecule has 0 saturated heterocycles. The van der Waals surface area contributed by atoms with Crippen LogP contribution in [0.4, 0.5) is 11.4 Å². The van der Waals surface area contributed by atoms with Crippen LogP contribution in [0.5, 0.6) is 0 Å². The number of ether oxygens (including phenoxy) is 3. The number of nitro benzene ring substituents is 1. The fraction of sp³-hybridized carbons (Fsp3) is 0.780. The second-order valence-corrected chi connectivity index (χ2v) is 17.8. The van der Waals surface area contributed by atoms with Crippen LogP contribution in [0.15, 0.2) is 21.9 Å². The van der Waals surface area contributed by atoms with Crippen LogP contribution >= 0.6 is 0 Å². The zero-order valence-corrected chi connectivity index (χ0v) is 34.5. The molecule has 59 heavy (non-hydrogen) atoms. The standard InChI is InChI=1S/C41H60N8O10/c1-25(4-13-36(52)58-23-22-57-21-20-56-19-18-43-48-42)29-7-8-30-28-6-5-26-24-27(14-16-40(26,2)31(28)15-17-41(29,30)3)44-39(53)33(10-12-35(50)51)45-32-9-11-34(49(54)55)38-37(32)46-59-47-38/h9,11,25-31,33,45H,4-8,10,12-24H2,1-3H3,(H,44,53)(H,50,51)/t25?,26-,27-,28?,29?,30?,31?,33+,40+,41-/m1/s1. The number of benzene rings is 1. The molecule has 18 nitrogen and oxygen atoms in total. The molecule has 2 aromatic rings. The number of amides is 1. The number of rotatable bonds is 21. The van der Waals surface area contributed by atoms with Gasteiger partial charge in [0.15, 0.2) is 5.52 Å². The third-order valence-electron chi connectivity index (χ3n) is 14.7. The summed E-state index contributed by atoms with van der Waals surface area (Å²) >= 11 is 0. The number of hydrogen-bond acceptors (Lipinski definition) is 13. The second-order valence-electron chi connectivity index (χ2n) is 17.8. The van der Waals surface area contributed by atoms with E-state index in [-0.39, 0.29) is 71.5 Å². The van der Waals surface area contributed by atoms with E-state index >= 15 is 0 Å². The monoisotopic (exact) mass is 824 g/mol. The zero-order valence-electron chi connectivity index (χ0n) is 34.5. The van der Waals surface area contributed by atoms with Crippen molar-refractivity contribution in [1.82, 2.24) is 15.6 Å². The number of nitrogens with one attached hydrogen (secondary N) is 2. The number of carboxylic acids is 1. The van der Waals surface area contributed by atoms with Gasteiger partial charge in [-0.05, 0) is 139 Å². The van der Waals surface area contributed by atoms with Crippen LogP contribution < -0.4 is 10.6 Å². The van der Waals surface area contributed by atoms with Gasteiger partial charge in [0.05, 0.1) is 37.0 Å². The van der Waals surface area contributed by atoms with Crippen molar-refractivity contribution in [1.29, 1.82) is 0 Å². The molecule has 0 bridgehead atoms. The van der Waals surface area contributed by atoms with Crippen LogP contribution in [0.2, 0.25) is 0 Å². The number of esters is 1. The smallest absolute Gasteiger partial charge is 0.305 e. The minimum Gasteiger partial charge on any atom is -0.481 e. The molecule has 10 atom stereocenters. The van der Waals surface area contributed by atoms with E-state index in [2.05, 4.69) is 51.7 Å². The Labute approximate surface area is 344 Å². The van der Waals surface area contributed by atoms with Gasteiger partial charge in [0.2, 0.25) is 11.4 Å². The van der Waals surface area contributed by atoms with Crippen LogP contribution in [0.3, 0.4) is 0 Å². The summed E-state index contributed by atoms with van der Waals surface area (Å²) in [6.07, 6.45) is 10.9. The SMILES string of the molecule is CC(CCC(=O)OCCOCCOCCN=[N+]=[N-])C1CCC2C3CC[C@@H]4C[C@H](NC(=O)[C@H](CCC(=O)O)Nc5ccc([N+](=O)[O-])c6nonc56)CC[C@]4(C)C3CC[C@]12C. The van der Waals surface area contributed by atoms with E-state index < -0.39 is 16.9 Å². The summed E-state index contributed by atoms with van der Waals surface area (Å²) in [5.41, 5.74) is 8.79. The highest BCUT2D eigenvalue weighted by atomic mass is 16.6. The lowest BCUT2D eigenvalue weighted by atomic mass is 9.44. The first kappa shape index (κ1) is 44.0. The van der Waals surface area contributed by atoms with Gasteiger partial charge < -0.3 is 30.0 Å². The van der Waals surface area contributed by atoms with E-state index in [9.17, 15) is 29.6 Å². The molecule has 1 heterocycles. The van der Waals surface area contributed by atoms with Gasteiger partial charge in [-0.2, -0.15) is 0 Å². The molecule has 0 spiro atoms. The molecular weight excluding hydrogens is 764 g/mol. The Morgan fingerprint density at radius 2 is 1.71 bits per heavy atom. The Balaban J connectivity index is 0.982. The number of carboxylic acid groups (broad SMARTS) is 1. The molecule has 5 unspecified atom stereocenters. The van der Waals surface area contributed by atoms with Crippen LogP contribution in [0, 0.1) is 56.5 Å². The number of aromatic nitrogens is 2. The van der Waals surface area contributed by atoms with Crippen LogP contribution in [-0.2, 0) is 28.6 Å². The molecule has 1 amide bonds. The van der Waals surface area contributed by atoms with Gasteiger partial charge in [-0.15, -0.1) is 0 Å². The number of anilines is 1. The molecule has 1 aromatic heterocycles. The lowest BCUT2D eigenvalue weighted by Gasteiger charge is -2.61. The predicted molar refractivity (Wildman–Crippen MR) is 215 cm³/mol. The van der Waals surface area contributed by atoms with Crippen molar-refractivity contribution in [3.8, 4) is 0 Å². The first-order valence-electron chi connectivity index (χ1n) is 21.4. The maximum absolute atomic E-state index is 13.8. The molecular formula is C41H60N8O10. The van der Waals surface area contributed by atoms with Crippen molar-refractivity contribution >= 4 is 40.3 Å². The topological polar surface area (TPSA) is 254 Å². The average molecular weight is 825 g/mol. The average Bonchev–Trinajstić information content (AvgIpc) is 3.84. The van der Waals surface area contributed by atoms with E-state index in [0.29, 0.717) is 74.0 Å². The van der Waals surface area contributed by atoms with Crippen molar-refractivity contribution < 1.29 is 43.3 Å². The molecule has 6 rings (SSSR count). The predicted octanol–water partition coefficient (Wildman–Crippen LogP) is 7.22. The van der Waals surface area contributed by atoms with Gasteiger partial charge in [0.1, 0.15) is 12.6 Å². The molecule has 3 N–H and O–H groups in total. The van der Waals surface area contributed by atoms with Crippen molar-refractivity contribution in [2.75, 3.05) is 44.9 Å². The third kappa shape index (κ3) is 10.1. The van der Waals surface area contributed by atoms with Crippen LogP contribution in [0.25, 0.3) is 21.5 Å². The zero-order chi connectivity index (χ0) is 42.2. The molecule has 4 saturated carbocycles. The Morgan fingerprint density at radius 3 is 2.47 bits per heavy atom. The molecule has 4 aliphatic carbocycles. The van der Waals surface area contributed by atoms with Gasteiger partial charge in [-0.1, -0.05) is 25.9 Å². The quantitative estimate of drug-likeness (QED) is 0.0214. The summed E-state index contributed by atoms with van der Waals surface area (Å²) < 4.78 is 21.0. The number of nitrogens with zero attached hydrogens (tertiary/aromatic N) is 6. The molecule has 0 radical (unpaired) electrons. The molecule has 18 heteroatoms. The number of carbonyl (C=O) groups excluding carboxylic acids is 2. The van der Waals surface area contributed by atoms with E-state index in [1.54, 1.807) is 0 Å². The summed E-state index contributed by atoms with van der Waals surface area (Å²) in [6.45, 7) is 9.25. The minimum absolute atomic E-state index is 0.0168. The summed E-state index contributed by atoms with van der Waals surface area (Å²) in [5, 5.41) is 38.2. The summed E-state index contributed by atoms with van der Waals surface area (Å²) in [6, 6.07) is 1.76. The van der Waals surface area contributed by atoms with Gasteiger partial charge in [-0.25, -0.2) is 4.63 Å². The van der Waals surface area contributed by atoms with Gasteiger partial charge in [0, 0.05) is 36.4 Å². The van der Waals surface area contributed by atoms with Crippen LogP contribution in [-0.4, -0.2) is 89.9 Å². The van der Waals surface area contributed by atoms with Crippen LogP contribution in [0.1, 0.15) is 104 Å². The maximum Gasteiger partial charge on any atom is 0.305 e. The van der Waals surface area contributed by atoms with Gasteiger partial charge in [0.25, 0.3) is 0 Å². The highest BCUT2D eigenvalue weighted by molar-refractivity contribution is 5.95. The Kier molecular flexibility index (Phi) is 14.7. The van der Waals surface area contributed by atoms with Gasteiger partial charge in [-0.3, -0.25) is 24.5 Å². The lowest BCUT2D eigenvalue weighted by molar-refractivity contribution is -0.383. The fourth-order valence-corrected chi connectivity index (χ4v) is 11.8. The molecule has 324 valence electrons. The molecule has 1 aromatic carbocycles. The van der Waals surface area contributed by atoms with Crippen molar-refractivity contribution in [2.45, 2.75) is 116 Å². The lowest BCUT2D eigenvalue weighted by Crippen LogP contribution is -2.56. The first-order chi connectivity index (χ1) is 28.4. The minimum atomic E-state index is -1.03. The van der Waals surface area contributed by atoms with Gasteiger partial charge >= 0.3 is 17.6 Å². The molecule has 4 fully saturated rings. The Hall–Kier alpha value is -4.54. The number of carbonyl (C=O) groups is 3. The maximum atomic E-state index is 13.8. The highest BCUT2D eigenvalue weighted by Crippen LogP contribution is 2.68. The van der Waals surface area contributed by atoms with E-state index in [1.807, 2.05) is 0 Å². The number of aliphatic carboxylic acids is 1. The molecule has 0 aliphatic heterocycles. The largest absolute Gasteiger partial charge is 0.481 e. The van der Waals surface area contributed by atoms with E-state index in [0.717, 1.165) is 32.1 Å². The fourth-order valence-electron chi connectivity index (χ4n) is 11.8. The number of fused-ring (bicyclic) bond motifs is 6. The van der Waals surface area contributed by atoms with Crippen molar-refractivity contribution in [2.24, 2.45) is 51.5 Å². The molecule has 4 aliphatic rings. The number of hydrogen-bond donors (Lipinski definition) is 3. The van der Waals surface area contributed by atoms with E-state index in [4.69, 9.17) is 24.4 Å². The summed E-state index contributed by atoms with van der Waals surface area (Å²) in [5.74, 6) is 1.93. The van der Waals surface area contributed by atoms with Crippen molar-refractivity contribution in [3.63, 3.8) is 0 Å². The summed E-state index contributed by atoms with van der Waals surface area (Å²) in [7, 11) is 0. The first-order valence-corrected chi connectivity index (χ1v) is 21.4. The highest BCUT2D eigenvalue weighted by Gasteiger charge is 2.60. The van der Waals surface area contributed by atoms with Crippen molar-refractivity contribution in [3.05, 3.63) is 32.7 Å². The third-order valence-corrected chi connectivity index (χ3v) is 14.7.